The van der Waals surface area contributed by atoms with Gasteiger partial charge in [0.2, 0.25) is 0 Å². The maximum atomic E-state index is 13.1. The lowest BCUT2D eigenvalue weighted by atomic mass is 9.38. The molecule has 4 aliphatic rings. The molecule has 0 aromatic heterocycles. The van der Waals surface area contributed by atoms with Gasteiger partial charge < -0.3 is 10.2 Å². The Morgan fingerprint density at radius 2 is 1.88 bits per heavy atom. The Kier molecular flexibility index (Phi) is 3.07. The van der Waals surface area contributed by atoms with Gasteiger partial charge in [-0.2, -0.15) is 0 Å². The lowest BCUT2D eigenvalue weighted by Crippen LogP contribution is -2.70. The monoisotopic (exact) mass is 332 g/mol. The van der Waals surface area contributed by atoms with Crippen LogP contribution in [0, 0.1) is 28.1 Å². The Labute approximate surface area is 143 Å². The van der Waals surface area contributed by atoms with E-state index >= 15 is 0 Å². The van der Waals surface area contributed by atoms with Crippen LogP contribution in [0.3, 0.4) is 0 Å². The van der Waals surface area contributed by atoms with E-state index in [9.17, 15) is 19.8 Å². The molecule has 4 nitrogen and oxygen atoms in total. The molecule has 4 saturated carbocycles. The molecular weight excluding hydrogens is 304 g/mol. The first-order chi connectivity index (χ1) is 11.1. The van der Waals surface area contributed by atoms with E-state index < -0.39 is 27.8 Å². The number of hydrogen-bond acceptors (Lipinski definition) is 3. The zero-order chi connectivity index (χ0) is 17.5. The highest BCUT2D eigenvalue weighted by Gasteiger charge is 2.75. The number of carbonyl (C=O) groups is 2. The molecule has 0 aliphatic heterocycles. The minimum atomic E-state index is -1.09. The third-order valence-electron chi connectivity index (χ3n) is 8.68. The Bertz CT molecular complexity index is 654. The van der Waals surface area contributed by atoms with Gasteiger partial charge in [0.1, 0.15) is 0 Å². The average Bonchev–Trinajstić information content (AvgIpc) is 2.73. The second-order valence-corrected chi connectivity index (χ2v) is 9.32. The van der Waals surface area contributed by atoms with Crippen molar-refractivity contribution in [3.05, 3.63) is 12.2 Å². The number of carbonyl (C=O) groups excluding carboxylic acids is 1. The summed E-state index contributed by atoms with van der Waals surface area (Å²) in [6.45, 7) is 7.93. The summed E-state index contributed by atoms with van der Waals surface area (Å²) in [6.07, 6.45) is 5.71. The Morgan fingerprint density at radius 1 is 1.17 bits per heavy atom. The largest absolute Gasteiger partial charge is 0.481 e. The van der Waals surface area contributed by atoms with E-state index in [2.05, 4.69) is 13.5 Å². The van der Waals surface area contributed by atoms with Gasteiger partial charge in [-0.05, 0) is 69.3 Å². The van der Waals surface area contributed by atoms with Gasteiger partial charge >= 0.3 is 5.97 Å². The molecule has 0 saturated heterocycles. The summed E-state index contributed by atoms with van der Waals surface area (Å²) >= 11 is 0. The molecular formula is C20H28O4. The third-order valence-corrected chi connectivity index (χ3v) is 8.68. The molecule has 0 aromatic rings. The molecule has 4 rings (SSSR count). The predicted octanol–water partition coefficient (Wildman–Crippen LogP) is 3.33. The molecule has 0 amide bonds. The van der Waals surface area contributed by atoms with Crippen LogP contribution in [0.5, 0.6) is 0 Å². The molecule has 2 bridgehead atoms. The zero-order valence-electron chi connectivity index (χ0n) is 14.7. The molecule has 132 valence electrons. The minimum Gasteiger partial charge on any atom is -0.481 e. The number of fused-ring (bicyclic) bond motifs is 3. The van der Waals surface area contributed by atoms with Crippen LogP contribution in [-0.4, -0.2) is 27.6 Å². The summed E-state index contributed by atoms with van der Waals surface area (Å²) < 4.78 is 0. The highest BCUT2D eigenvalue weighted by Crippen LogP contribution is 2.72. The zero-order valence-corrected chi connectivity index (χ0v) is 14.7. The van der Waals surface area contributed by atoms with Gasteiger partial charge in [0.25, 0.3) is 0 Å². The van der Waals surface area contributed by atoms with Crippen LogP contribution in [0.15, 0.2) is 12.2 Å². The smallest absolute Gasteiger partial charge is 0.309 e. The van der Waals surface area contributed by atoms with Crippen molar-refractivity contribution < 1.29 is 19.8 Å². The number of allylic oxidation sites excluding steroid dienone is 1. The molecule has 0 heterocycles. The molecule has 0 aromatic carbocycles. The summed E-state index contributed by atoms with van der Waals surface area (Å²) in [5.41, 5.74) is -2.42. The first kappa shape index (κ1) is 16.3. The van der Waals surface area contributed by atoms with Crippen molar-refractivity contribution in [1.82, 2.24) is 0 Å². The molecule has 0 radical (unpaired) electrons. The fourth-order valence-corrected chi connectivity index (χ4v) is 7.29. The number of carboxylic acid groups (broad SMARTS) is 1. The average molecular weight is 332 g/mol. The highest BCUT2D eigenvalue weighted by molar-refractivity contribution is 6.04. The molecule has 4 aliphatic carbocycles. The third kappa shape index (κ3) is 1.50. The quantitative estimate of drug-likeness (QED) is 0.722. The van der Waals surface area contributed by atoms with Gasteiger partial charge in [-0.15, -0.1) is 0 Å². The van der Waals surface area contributed by atoms with Gasteiger partial charge in [0, 0.05) is 5.41 Å². The van der Waals surface area contributed by atoms with Crippen LogP contribution in [0.4, 0.5) is 0 Å². The molecule has 1 spiro atoms. The fraction of sp³-hybridized carbons (Fsp3) is 0.800. The Balaban J connectivity index is 1.86. The predicted molar refractivity (Wildman–Crippen MR) is 89.3 cm³/mol. The van der Waals surface area contributed by atoms with Crippen LogP contribution in [0.25, 0.3) is 0 Å². The molecule has 4 heteroatoms. The molecule has 2 N–H and O–H groups in total. The molecule has 24 heavy (non-hydrogen) atoms. The maximum absolute atomic E-state index is 13.1. The van der Waals surface area contributed by atoms with Crippen LogP contribution < -0.4 is 0 Å². The van der Waals surface area contributed by atoms with Crippen LogP contribution in [0.2, 0.25) is 0 Å². The van der Waals surface area contributed by atoms with Gasteiger partial charge in [0.05, 0.1) is 16.4 Å². The minimum absolute atomic E-state index is 0.0646. The van der Waals surface area contributed by atoms with E-state index in [0.717, 1.165) is 19.3 Å². The second kappa shape index (κ2) is 4.51. The van der Waals surface area contributed by atoms with Crippen molar-refractivity contribution in [3.8, 4) is 0 Å². The summed E-state index contributed by atoms with van der Waals surface area (Å²) in [6, 6.07) is 0. The van der Waals surface area contributed by atoms with E-state index in [1.807, 2.05) is 6.92 Å². The van der Waals surface area contributed by atoms with E-state index in [1.54, 1.807) is 0 Å². The van der Waals surface area contributed by atoms with E-state index in [-0.39, 0.29) is 17.6 Å². The van der Waals surface area contributed by atoms with Gasteiger partial charge in [-0.3, -0.25) is 9.59 Å². The summed E-state index contributed by atoms with van der Waals surface area (Å²) in [4.78, 5) is 25.1. The summed E-state index contributed by atoms with van der Waals surface area (Å²) in [5, 5.41) is 21.9. The topological polar surface area (TPSA) is 74.6 Å². The number of aliphatic hydroxyl groups is 1. The lowest BCUT2D eigenvalue weighted by molar-refractivity contribution is -0.255. The molecule has 6 atom stereocenters. The Hall–Kier alpha value is -1.16. The van der Waals surface area contributed by atoms with Crippen molar-refractivity contribution in [1.29, 1.82) is 0 Å². The van der Waals surface area contributed by atoms with Gasteiger partial charge in [-0.1, -0.05) is 19.9 Å². The van der Waals surface area contributed by atoms with Crippen LogP contribution >= 0.6 is 0 Å². The number of Topliss-reactive ketones (excluding diaryl/α,β-unsaturated/α-hetero) is 1. The van der Waals surface area contributed by atoms with Gasteiger partial charge in [-0.25, -0.2) is 0 Å². The normalized spacial score (nSPS) is 53.5. The fourth-order valence-electron chi connectivity index (χ4n) is 7.29. The first-order valence-corrected chi connectivity index (χ1v) is 9.32. The number of ketones is 1. The maximum Gasteiger partial charge on any atom is 0.309 e. The lowest BCUT2D eigenvalue weighted by Gasteiger charge is -2.66. The van der Waals surface area contributed by atoms with Crippen molar-refractivity contribution in [2.24, 2.45) is 28.1 Å². The van der Waals surface area contributed by atoms with E-state index in [0.29, 0.717) is 37.7 Å². The molecule has 0 unspecified atom stereocenters. The number of hydrogen-bond donors (Lipinski definition) is 2. The van der Waals surface area contributed by atoms with E-state index in [1.165, 1.54) is 0 Å². The molecule has 4 fully saturated rings. The number of carboxylic acids is 1. The van der Waals surface area contributed by atoms with Gasteiger partial charge in [0.15, 0.2) is 5.78 Å². The summed E-state index contributed by atoms with van der Waals surface area (Å²) in [7, 11) is 0. The van der Waals surface area contributed by atoms with Crippen molar-refractivity contribution in [2.45, 2.75) is 70.8 Å². The standard InChI is InChI=1S/C20H28O4/c1-12-13-5-10-20(24)18(3)8-4-7-17(2,16(22)23)14(18)6-9-19(20,11-13)15(12)21/h13-14,24H,1,4-11H2,2-3H3,(H,22,23)/t13-,14-,17-,18-,19+,20-/m1/s1. The number of rotatable bonds is 1. The second-order valence-electron chi connectivity index (χ2n) is 9.32. The SMILES string of the molecule is C=C1C(=O)[C@@]23CC[C@@H]4[C@](C)(C(=O)O)CCC[C@@]4(C)[C@]2(O)CC[C@@H]1C3. The highest BCUT2D eigenvalue weighted by atomic mass is 16.4. The van der Waals surface area contributed by atoms with Crippen molar-refractivity contribution in [2.75, 3.05) is 0 Å². The van der Waals surface area contributed by atoms with Crippen LogP contribution in [-0.2, 0) is 9.59 Å². The van der Waals surface area contributed by atoms with Crippen molar-refractivity contribution in [3.63, 3.8) is 0 Å². The van der Waals surface area contributed by atoms with Crippen molar-refractivity contribution >= 4 is 11.8 Å². The summed E-state index contributed by atoms with van der Waals surface area (Å²) in [5.74, 6) is -0.555. The van der Waals surface area contributed by atoms with E-state index in [4.69, 9.17) is 0 Å². The van der Waals surface area contributed by atoms with Crippen LogP contribution in [0.1, 0.15) is 65.2 Å². The first-order valence-electron chi connectivity index (χ1n) is 9.32. The Morgan fingerprint density at radius 3 is 2.54 bits per heavy atom. The number of aliphatic carboxylic acids is 1.